The highest BCUT2D eigenvalue weighted by Gasteiger charge is 2.10. The van der Waals surface area contributed by atoms with Gasteiger partial charge in [0, 0.05) is 24.8 Å². The zero-order chi connectivity index (χ0) is 14.8. The molecule has 0 radical (unpaired) electrons. The van der Waals surface area contributed by atoms with Gasteiger partial charge in [-0.3, -0.25) is 0 Å². The number of nitrogens with zero attached hydrogens (tertiary/aromatic N) is 2. The predicted octanol–water partition coefficient (Wildman–Crippen LogP) is 2.44. The summed E-state index contributed by atoms with van der Waals surface area (Å²) < 4.78 is 19.6. The summed E-state index contributed by atoms with van der Waals surface area (Å²) in [5, 5.41) is 3.18. The molecule has 0 atom stereocenters. The quantitative estimate of drug-likeness (QED) is 0.669. The van der Waals surface area contributed by atoms with Crippen molar-refractivity contribution < 1.29 is 9.13 Å². The van der Waals surface area contributed by atoms with Gasteiger partial charge in [0.2, 0.25) is 0 Å². The SMILES string of the molecule is CCCNCc1ccnc(OCCN(CC)CC)c1F. The normalized spacial score (nSPS) is 11.1. The van der Waals surface area contributed by atoms with Crippen molar-refractivity contribution in [2.75, 3.05) is 32.8 Å². The number of rotatable bonds is 10. The van der Waals surface area contributed by atoms with E-state index < -0.39 is 0 Å². The van der Waals surface area contributed by atoms with Crippen LogP contribution in [-0.2, 0) is 6.54 Å². The van der Waals surface area contributed by atoms with E-state index >= 15 is 0 Å². The minimum atomic E-state index is -0.351. The Labute approximate surface area is 121 Å². The van der Waals surface area contributed by atoms with Crippen LogP contribution < -0.4 is 10.1 Å². The number of nitrogens with one attached hydrogen (secondary N) is 1. The number of ether oxygens (including phenoxy) is 1. The summed E-state index contributed by atoms with van der Waals surface area (Å²) in [6, 6.07) is 1.69. The Morgan fingerprint density at radius 2 is 2.05 bits per heavy atom. The summed E-state index contributed by atoms with van der Waals surface area (Å²) in [6.07, 6.45) is 2.62. The third-order valence-electron chi connectivity index (χ3n) is 3.22. The average Bonchev–Trinajstić information content (AvgIpc) is 2.47. The lowest BCUT2D eigenvalue weighted by Gasteiger charge is -2.18. The van der Waals surface area contributed by atoms with E-state index in [0.29, 0.717) is 18.7 Å². The number of hydrogen-bond acceptors (Lipinski definition) is 4. The molecule has 1 aromatic heterocycles. The van der Waals surface area contributed by atoms with Crippen molar-refractivity contribution in [3.63, 3.8) is 0 Å². The molecule has 5 heteroatoms. The standard InChI is InChI=1S/C15H26FN3O/c1-4-8-17-12-13-7-9-18-15(14(13)16)20-11-10-19(5-2)6-3/h7,9,17H,4-6,8,10-12H2,1-3H3. The fourth-order valence-electron chi connectivity index (χ4n) is 1.91. The molecule has 0 spiro atoms. The summed E-state index contributed by atoms with van der Waals surface area (Å²) in [7, 11) is 0. The Morgan fingerprint density at radius 1 is 1.30 bits per heavy atom. The maximum absolute atomic E-state index is 14.1. The van der Waals surface area contributed by atoms with Crippen molar-refractivity contribution in [1.29, 1.82) is 0 Å². The van der Waals surface area contributed by atoms with Gasteiger partial charge in [0.15, 0.2) is 5.82 Å². The maximum atomic E-state index is 14.1. The van der Waals surface area contributed by atoms with Crippen LogP contribution >= 0.6 is 0 Å². The van der Waals surface area contributed by atoms with E-state index in [2.05, 4.69) is 36.0 Å². The predicted molar refractivity (Wildman–Crippen MR) is 79.5 cm³/mol. The van der Waals surface area contributed by atoms with E-state index in [1.54, 1.807) is 12.3 Å². The van der Waals surface area contributed by atoms with Gasteiger partial charge in [-0.25, -0.2) is 9.37 Å². The van der Waals surface area contributed by atoms with Gasteiger partial charge < -0.3 is 15.0 Å². The van der Waals surface area contributed by atoms with E-state index in [4.69, 9.17) is 4.74 Å². The smallest absolute Gasteiger partial charge is 0.250 e. The molecular weight excluding hydrogens is 257 g/mol. The summed E-state index contributed by atoms with van der Waals surface area (Å²) in [5.41, 5.74) is 0.603. The molecule has 0 saturated heterocycles. The largest absolute Gasteiger partial charge is 0.474 e. The minimum Gasteiger partial charge on any atom is -0.474 e. The van der Waals surface area contributed by atoms with Crippen LogP contribution in [0.3, 0.4) is 0 Å². The first-order valence-electron chi connectivity index (χ1n) is 7.42. The molecule has 1 heterocycles. The second-order valence-corrected chi connectivity index (χ2v) is 4.64. The summed E-state index contributed by atoms with van der Waals surface area (Å²) in [4.78, 5) is 6.20. The molecule has 20 heavy (non-hydrogen) atoms. The molecule has 4 nitrogen and oxygen atoms in total. The Morgan fingerprint density at radius 3 is 2.70 bits per heavy atom. The molecular formula is C15H26FN3O. The van der Waals surface area contributed by atoms with Gasteiger partial charge in [-0.1, -0.05) is 20.8 Å². The van der Waals surface area contributed by atoms with Gasteiger partial charge in [-0.2, -0.15) is 0 Å². The van der Waals surface area contributed by atoms with Crippen molar-refractivity contribution in [1.82, 2.24) is 15.2 Å². The molecule has 0 aliphatic heterocycles. The topological polar surface area (TPSA) is 37.4 Å². The van der Waals surface area contributed by atoms with Crippen molar-refractivity contribution in [3.05, 3.63) is 23.6 Å². The molecule has 0 fully saturated rings. The van der Waals surface area contributed by atoms with Crippen LogP contribution in [0.4, 0.5) is 4.39 Å². The molecule has 1 N–H and O–H groups in total. The lowest BCUT2D eigenvalue weighted by atomic mass is 10.2. The highest BCUT2D eigenvalue weighted by Crippen LogP contribution is 2.17. The van der Waals surface area contributed by atoms with E-state index in [9.17, 15) is 4.39 Å². The second kappa shape index (κ2) is 9.66. The van der Waals surface area contributed by atoms with E-state index in [1.165, 1.54) is 0 Å². The van der Waals surface area contributed by atoms with Gasteiger partial charge in [0.05, 0.1) is 0 Å². The van der Waals surface area contributed by atoms with Crippen LogP contribution in [0.1, 0.15) is 32.8 Å². The Kier molecular flexibility index (Phi) is 8.14. The molecule has 114 valence electrons. The van der Waals surface area contributed by atoms with E-state index in [1.807, 2.05) is 0 Å². The van der Waals surface area contributed by atoms with Gasteiger partial charge >= 0.3 is 0 Å². The maximum Gasteiger partial charge on any atom is 0.250 e. The minimum absolute atomic E-state index is 0.105. The van der Waals surface area contributed by atoms with Crippen molar-refractivity contribution >= 4 is 0 Å². The Bertz CT molecular complexity index is 383. The summed E-state index contributed by atoms with van der Waals surface area (Å²) in [6.45, 7) is 10.8. The van der Waals surface area contributed by atoms with Crippen molar-refractivity contribution in [2.45, 2.75) is 33.7 Å². The molecule has 1 rings (SSSR count). The molecule has 0 aliphatic carbocycles. The molecule has 1 aromatic rings. The van der Waals surface area contributed by atoms with Crippen LogP contribution in [0.15, 0.2) is 12.3 Å². The first-order valence-corrected chi connectivity index (χ1v) is 7.42. The molecule has 0 aromatic carbocycles. The fourth-order valence-corrected chi connectivity index (χ4v) is 1.91. The highest BCUT2D eigenvalue weighted by atomic mass is 19.1. The van der Waals surface area contributed by atoms with Crippen LogP contribution in [0.2, 0.25) is 0 Å². The van der Waals surface area contributed by atoms with Crippen molar-refractivity contribution in [2.24, 2.45) is 0 Å². The molecule has 0 bridgehead atoms. The zero-order valence-corrected chi connectivity index (χ0v) is 12.8. The van der Waals surface area contributed by atoms with Gasteiger partial charge in [-0.15, -0.1) is 0 Å². The summed E-state index contributed by atoms with van der Waals surface area (Å²) >= 11 is 0. The van der Waals surface area contributed by atoms with Gasteiger partial charge in [0.1, 0.15) is 6.61 Å². The third kappa shape index (κ3) is 5.43. The number of likely N-dealkylation sites (N-methyl/N-ethyl adjacent to an activating group) is 1. The lowest BCUT2D eigenvalue weighted by molar-refractivity contribution is 0.211. The molecule has 0 saturated carbocycles. The van der Waals surface area contributed by atoms with Crippen LogP contribution in [-0.4, -0.2) is 42.7 Å². The monoisotopic (exact) mass is 283 g/mol. The number of aromatic nitrogens is 1. The Balaban J connectivity index is 2.51. The van der Waals surface area contributed by atoms with E-state index in [-0.39, 0.29) is 11.7 Å². The molecule has 0 unspecified atom stereocenters. The number of hydrogen-bond donors (Lipinski definition) is 1. The summed E-state index contributed by atoms with van der Waals surface area (Å²) in [5.74, 6) is -0.247. The van der Waals surface area contributed by atoms with Crippen molar-refractivity contribution in [3.8, 4) is 5.88 Å². The lowest BCUT2D eigenvalue weighted by Crippen LogP contribution is -2.28. The van der Waals surface area contributed by atoms with Gasteiger partial charge in [-0.05, 0) is 32.1 Å². The Hall–Kier alpha value is -1.20. The van der Waals surface area contributed by atoms with Crippen LogP contribution in [0.5, 0.6) is 5.88 Å². The first-order chi connectivity index (χ1) is 9.72. The number of halogens is 1. The van der Waals surface area contributed by atoms with Crippen LogP contribution in [0, 0.1) is 5.82 Å². The zero-order valence-electron chi connectivity index (χ0n) is 12.8. The molecule has 0 amide bonds. The second-order valence-electron chi connectivity index (χ2n) is 4.64. The van der Waals surface area contributed by atoms with E-state index in [0.717, 1.165) is 32.6 Å². The first kappa shape index (κ1) is 16.9. The number of pyridine rings is 1. The third-order valence-corrected chi connectivity index (χ3v) is 3.22. The van der Waals surface area contributed by atoms with Gasteiger partial charge in [0.25, 0.3) is 5.88 Å². The fraction of sp³-hybridized carbons (Fsp3) is 0.667. The highest BCUT2D eigenvalue weighted by molar-refractivity contribution is 5.23. The van der Waals surface area contributed by atoms with Crippen LogP contribution in [0.25, 0.3) is 0 Å². The molecule has 0 aliphatic rings. The average molecular weight is 283 g/mol.